The van der Waals surface area contributed by atoms with Crippen LogP contribution in [-0.2, 0) is 11.2 Å². The number of fused-ring (bicyclic) bond motifs is 1. The second-order valence-corrected chi connectivity index (χ2v) is 6.73. The number of amides is 1. The number of anilines is 1. The largest absolute Gasteiger partial charge is 0.315 e. The zero-order valence-corrected chi connectivity index (χ0v) is 14.2. The van der Waals surface area contributed by atoms with Crippen LogP contribution in [0.1, 0.15) is 27.6 Å². The Morgan fingerprint density at radius 2 is 2.00 bits per heavy atom. The van der Waals surface area contributed by atoms with Crippen molar-refractivity contribution >= 4 is 39.1 Å². The van der Waals surface area contributed by atoms with Crippen LogP contribution in [0.5, 0.6) is 0 Å². The topological polar surface area (TPSA) is 20.3 Å². The normalized spacial score (nSPS) is 15.2. The summed E-state index contributed by atoms with van der Waals surface area (Å²) in [5.74, 6) is 0.131. The second-order valence-electron chi connectivity index (χ2n) is 5.38. The van der Waals surface area contributed by atoms with Crippen LogP contribution in [-0.4, -0.2) is 13.0 Å². The summed E-state index contributed by atoms with van der Waals surface area (Å²) in [6, 6.07) is 12.2. The first kappa shape index (κ1) is 14.6. The summed E-state index contributed by atoms with van der Waals surface area (Å²) in [7, 11) is 1.81. The maximum absolute atomic E-state index is 11.8. The Morgan fingerprint density at radius 3 is 2.76 bits per heavy atom. The van der Waals surface area contributed by atoms with E-state index in [1.807, 2.05) is 25.2 Å². The number of benzene rings is 2. The standard InChI is InChI=1S/C17H15BrClNO/c1-10-3-5-13(18)9-14(10)17(19)11-4-6-15-12(7-11)8-16(21)20(15)2/h3-7,9,17H,8H2,1-2H3. The van der Waals surface area contributed by atoms with E-state index >= 15 is 0 Å². The quantitative estimate of drug-likeness (QED) is 0.713. The minimum atomic E-state index is -0.214. The number of hydrogen-bond acceptors (Lipinski definition) is 1. The van der Waals surface area contributed by atoms with Crippen molar-refractivity contribution in [1.82, 2.24) is 0 Å². The third kappa shape index (κ3) is 2.60. The highest BCUT2D eigenvalue weighted by molar-refractivity contribution is 9.10. The van der Waals surface area contributed by atoms with Crippen LogP contribution in [0.2, 0.25) is 0 Å². The summed E-state index contributed by atoms with van der Waals surface area (Å²) in [5.41, 5.74) is 5.31. The van der Waals surface area contributed by atoms with Gasteiger partial charge in [-0.2, -0.15) is 0 Å². The Morgan fingerprint density at radius 1 is 1.24 bits per heavy atom. The molecule has 1 heterocycles. The molecule has 0 spiro atoms. The van der Waals surface area contributed by atoms with Gasteiger partial charge in [0.05, 0.1) is 11.8 Å². The summed E-state index contributed by atoms with van der Waals surface area (Å²) in [6.45, 7) is 2.06. The number of carbonyl (C=O) groups is 1. The molecule has 3 rings (SSSR count). The first-order valence-electron chi connectivity index (χ1n) is 6.77. The molecule has 2 nitrogen and oxygen atoms in total. The van der Waals surface area contributed by atoms with Crippen molar-refractivity contribution in [3.8, 4) is 0 Å². The summed E-state index contributed by atoms with van der Waals surface area (Å²) in [4.78, 5) is 13.5. The van der Waals surface area contributed by atoms with E-state index in [0.29, 0.717) is 6.42 Å². The highest BCUT2D eigenvalue weighted by atomic mass is 79.9. The molecule has 2 aromatic carbocycles. The average Bonchev–Trinajstić information content (AvgIpc) is 2.75. The Kier molecular flexibility index (Phi) is 3.80. The molecule has 0 N–H and O–H groups in total. The second kappa shape index (κ2) is 5.47. The predicted molar refractivity (Wildman–Crippen MR) is 90.1 cm³/mol. The van der Waals surface area contributed by atoms with Gasteiger partial charge in [0.15, 0.2) is 0 Å². The Bertz CT molecular complexity index is 729. The third-order valence-electron chi connectivity index (χ3n) is 3.99. The van der Waals surface area contributed by atoms with E-state index in [9.17, 15) is 4.79 Å². The molecular weight excluding hydrogens is 350 g/mol. The van der Waals surface area contributed by atoms with Crippen molar-refractivity contribution in [2.24, 2.45) is 0 Å². The fraction of sp³-hybridized carbons (Fsp3) is 0.235. The lowest BCUT2D eigenvalue weighted by molar-refractivity contribution is -0.117. The monoisotopic (exact) mass is 363 g/mol. The van der Waals surface area contributed by atoms with Gasteiger partial charge >= 0.3 is 0 Å². The molecule has 0 saturated carbocycles. The molecular formula is C17H15BrClNO. The number of alkyl halides is 1. The Hall–Kier alpha value is -1.32. The van der Waals surface area contributed by atoms with Gasteiger partial charge in [0.1, 0.15) is 0 Å². The fourth-order valence-corrected chi connectivity index (χ4v) is 3.46. The lowest BCUT2D eigenvalue weighted by Gasteiger charge is -2.16. The molecule has 2 aromatic rings. The number of rotatable bonds is 2. The molecule has 1 amide bonds. The number of halogens is 2. The molecule has 0 fully saturated rings. The van der Waals surface area contributed by atoms with Crippen molar-refractivity contribution in [2.75, 3.05) is 11.9 Å². The molecule has 0 radical (unpaired) electrons. The molecule has 1 aliphatic heterocycles. The summed E-state index contributed by atoms with van der Waals surface area (Å²) >= 11 is 10.2. The van der Waals surface area contributed by atoms with E-state index in [0.717, 1.165) is 32.4 Å². The van der Waals surface area contributed by atoms with Gasteiger partial charge in [0.25, 0.3) is 0 Å². The summed E-state index contributed by atoms with van der Waals surface area (Å²) in [5, 5.41) is -0.214. The van der Waals surface area contributed by atoms with Gasteiger partial charge in [0, 0.05) is 17.2 Å². The van der Waals surface area contributed by atoms with Crippen LogP contribution in [0.25, 0.3) is 0 Å². The smallest absolute Gasteiger partial charge is 0.231 e. The highest BCUT2D eigenvalue weighted by Gasteiger charge is 2.25. The summed E-state index contributed by atoms with van der Waals surface area (Å²) < 4.78 is 1.02. The van der Waals surface area contributed by atoms with E-state index in [-0.39, 0.29) is 11.3 Å². The van der Waals surface area contributed by atoms with Crippen molar-refractivity contribution in [1.29, 1.82) is 0 Å². The van der Waals surface area contributed by atoms with Crippen molar-refractivity contribution in [3.63, 3.8) is 0 Å². The van der Waals surface area contributed by atoms with Crippen LogP contribution >= 0.6 is 27.5 Å². The molecule has 1 atom stereocenters. The fourth-order valence-electron chi connectivity index (χ4n) is 2.71. The van der Waals surface area contributed by atoms with Gasteiger partial charge in [-0.3, -0.25) is 4.79 Å². The van der Waals surface area contributed by atoms with E-state index in [4.69, 9.17) is 11.6 Å². The predicted octanol–water partition coefficient (Wildman–Crippen LogP) is 4.60. The lowest BCUT2D eigenvalue weighted by atomic mass is 9.98. The molecule has 1 unspecified atom stereocenters. The number of aryl methyl sites for hydroxylation is 1. The molecule has 1 aliphatic rings. The van der Waals surface area contributed by atoms with E-state index in [2.05, 4.69) is 41.1 Å². The SMILES string of the molecule is Cc1ccc(Br)cc1C(Cl)c1ccc2c(c1)CC(=O)N2C. The van der Waals surface area contributed by atoms with E-state index in [1.165, 1.54) is 0 Å². The third-order valence-corrected chi connectivity index (χ3v) is 4.97. The minimum absolute atomic E-state index is 0.131. The number of nitrogens with zero attached hydrogens (tertiary/aromatic N) is 1. The molecule has 0 aliphatic carbocycles. The molecule has 0 bridgehead atoms. The van der Waals surface area contributed by atoms with Crippen LogP contribution < -0.4 is 4.90 Å². The van der Waals surface area contributed by atoms with Crippen molar-refractivity contribution in [3.05, 3.63) is 63.1 Å². The van der Waals surface area contributed by atoms with Gasteiger partial charge in [-0.15, -0.1) is 11.6 Å². The Labute approximate surface area is 137 Å². The van der Waals surface area contributed by atoms with Gasteiger partial charge in [-0.1, -0.05) is 34.1 Å². The van der Waals surface area contributed by atoms with Gasteiger partial charge in [-0.25, -0.2) is 0 Å². The van der Waals surface area contributed by atoms with E-state index < -0.39 is 0 Å². The summed E-state index contributed by atoms with van der Waals surface area (Å²) in [6.07, 6.45) is 0.459. The number of likely N-dealkylation sites (N-methyl/N-ethyl adjacent to an activating group) is 1. The molecule has 108 valence electrons. The maximum atomic E-state index is 11.8. The van der Waals surface area contributed by atoms with Crippen LogP contribution in [0.4, 0.5) is 5.69 Å². The Balaban J connectivity index is 2.00. The minimum Gasteiger partial charge on any atom is -0.315 e. The first-order chi connectivity index (χ1) is 9.97. The average molecular weight is 365 g/mol. The van der Waals surface area contributed by atoms with Crippen molar-refractivity contribution < 1.29 is 4.79 Å². The van der Waals surface area contributed by atoms with Gasteiger partial charge in [-0.05, 0) is 47.4 Å². The molecule has 21 heavy (non-hydrogen) atoms. The van der Waals surface area contributed by atoms with Crippen LogP contribution in [0.3, 0.4) is 0 Å². The number of carbonyl (C=O) groups excluding carboxylic acids is 1. The van der Waals surface area contributed by atoms with Crippen LogP contribution in [0.15, 0.2) is 40.9 Å². The zero-order chi connectivity index (χ0) is 15.1. The molecule has 0 aromatic heterocycles. The number of hydrogen-bond donors (Lipinski definition) is 0. The molecule has 4 heteroatoms. The van der Waals surface area contributed by atoms with Gasteiger partial charge < -0.3 is 4.90 Å². The highest BCUT2D eigenvalue weighted by Crippen LogP contribution is 2.36. The molecule has 0 saturated heterocycles. The lowest BCUT2D eigenvalue weighted by Crippen LogP contribution is -2.20. The van der Waals surface area contributed by atoms with E-state index in [1.54, 1.807) is 4.90 Å². The van der Waals surface area contributed by atoms with Crippen LogP contribution in [0, 0.1) is 6.92 Å². The zero-order valence-electron chi connectivity index (χ0n) is 11.9. The first-order valence-corrected chi connectivity index (χ1v) is 8.00. The van der Waals surface area contributed by atoms with Crippen molar-refractivity contribution in [2.45, 2.75) is 18.7 Å². The van der Waals surface area contributed by atoms with Gasteiger partial charge in [0.2, 0.25) is 5.91 Å². The maximum Gasteiger partial charge on any atom is 0.231 e.